The molecule has 0 aliphatic carbocycles. The van der Waals surface area contributed by atoms with E-state index in [0.717, 1.165) is 11.3 Å². The molecular formula is C10H14ClN5O. The second kappa shape index (κ2) is 4.46. The molecule has 92 valence electrons. The molecular weight excluding hydrogens is 242 g/mol. The van der Waals surface area contributed by atoms with Crippen LogP contribution in [0.5, 0.6) is 0 Å². The zero-order valence-electron chi connectivity index (χ0n) is 9.92. The summed E-state index contributed by atoms with van der Waals surface area (Å²) in [6.45, 7) is 4.04. The van der Waals surface area contributed by atoms with Crippen LogP contribution in [0, 0.1) is 6.92 Å². The molecule has 0 spiro atoms. The minimum absolute atomic E-state index is 0.498. The van der Waals surface area contributed by atoms with Gasteiger partial charge in [-0.3, -0.25) is 4.68 Å². The van der Waals surface area contributed by atoms with Crippen LogP contribution in [-0.2, 0) is 13.6 Å². The Kier molecular flexibility index (Phi) is 3.17. The zero-order valence-corrected chi connectivity index (χ0v) is 10.7. The SMILES string of the molecule is Cc1nn(C)c(Cl)c1Cn1cc(C(C)O)nn1. The average molecular weight is 256 g/mol. The second-order valence-corrected chi connectivity index (χ2v) is 4.35. The Morgan fingerprint density at radius 3 is 2.71 bits per heavy atom. The molecule has 2 rings (SSSR count). The van der Waals surface area contributed by atoms with Crippen molar-refractivity contribution in [1.82, 2.24) is 24.8 Å². The molecule has 17 heavy (non-hydrogen) atoms. The maximum absolute atomic E-state index is 9.36. The first kappa shape index (κ1) is 12.1. The van der Waals surface area contributed by atoms with Gasteiger partial charge in [-0.25, -0.2) is 4.68 Å². The highest BCUT2D eigenvalue weighted by Crippen LogP contribution is 2.19. The van der Waals surface area contributed by atoms with E-state index in [0.29, 0.717) is 17.4 Å². The van der Waals surface area contributed by atoms with Crippen LogP contribution in [0.15, 0.2) is 6.20 Å². The lowest BCUT2D eigenvalue weighted by Gasteiger charge is -2.00. The van der Waals surface area contributed by atoms with Crippen LogP contribution < -0.4 is 0 Å². The number of aryl methyl sites for hydroxylation is 2. The summed E-state index contributed by atoms with van der Waals surface area (Å²) in [6, 6.07) is 0. The standard InChI is InChI=1S/C10H14ClN5O/c1-6-8(10(11)15(3)13-6)4-16-5-9(7(2)17)12-14-16/h5,7,17H,4H2,1-3H3. The van der Waals surface area contributed by atoms with E-state index in [-0.39, 0.29) is 0 Å². The summed E-state index contributed by atoms with van der Waals surface area (Å²) in [6.07, 6.45) is 1.09. The topological polar surface area (TPSA) is 68.8 Å². The Bertz CT molecular complexity index is 531. The summed E-state index contributed by atoms with van der Waals surface area (Å²) in [7, 11) is 1.79. The van der Waals surface area contributed by atoms with E-state index >= 15 is 0 Å². The van der Waals surface area contributed by atoms with Gasteiger partial charge in [0.2, 0.25) is 0 Å². The van der Waals surface area contributed by atoms with Crippen molar-refractivity contribution in [3.05, 3.63) is 28.3 Å². The number of hydrogen-bond donors (Lipinski definition) is 1. The number of aromatic nitrogens is 5. The number of halogens is 1. The third kappa shape index (κ3) is 2.32. The van der Waals surface area contributed by atoms with Crippen LogP contribution in [-0.4, -0.2) is 29.9 Å². The quantitative estimate of drug-likeness (QED) is 0.891. The van der Waals surface area contributed by atoms with Crippen molar-refractivity contribution in [2.24, 2.45) is 7.05 Å². The number of hydrogen-bond acceptors (Lipinski definition) is 4. The van der Waals surface area contributed by atoms with Gasteiger partial charge in [0.05, 0.1) is 24.5 Å². The van der Waals surface area contributed by atoms with Crippen molar-refractivity contribution in [1.29, 1.82) is 0 Å². The highest BCUT2D eigenvalue weighted by Gasteiger charge is 2.13. The van der Waals surface area contributed by atoms with Gasteiger partial charge in [0.25, 0.3) is 0 Å². The van der Waals surface area contributed by atoms with E-state index in [1.165, 1.54) is 0 Å². The fraction of sp³-hybridized carbons (Fsp3) is 0.500. The van der Waals surface area contributed by atoms with Crippen molar-refractivity contribution < 1.29 is 5.11 Å². The fourth-order valence-corrected chi connectivity index (χ4v) is 1.83. The molecule has 0 bridgehead atoms. The van der Waals surface area contributed by atoms with Gasteiger partial charge < -0.3 is 5.11 Å². The Balaban J connectivity index is 2.25. The molecule has 0 aliphatic heterocycles. The van der Waals surface area contributed by atoms with Crippen molar-refractivity contribution in [2.75, 3.05) is 0 Å². The smallest absolute Gasteiger partial charge is 0.132 e. The lowest BCUT2D eigenvalue weighted by molar-refractivity contribution is 0.194. The first-order chi connectivity index (χ1) is 7.99. The Morgan fingerprint density at radius 2 is 2.24 bits per heavy atom. The molecule has 0 aromatic carbocycles. The summed E-state index contributed by atoms with van der Waals surface area (Å²) < 4.78 is 3.26. The summed E-state index contributed by atoms with van der Waals surface area (Å²) in [5.74, 6) is 0. The molecule has 2 aromatic heterocycles. The molecule has 0 amide bonds. The average Bonchev–Trinajstić information content (AvgIpc) is 2.80. The molecule has 2 heterocycles. The van der Waals surface area contributed by atoms with E-state index < -0.39 is 6.10 Å². The molecule has 0 radical (unpaired) electrons. The molecule has 0 aliphatic rings. The summed E-state index contributed by atoms with van der Waals surface area (Å²) in [5, 5.41) is 22.0. The van der Waals surface area contributed by atoms with Crippen LogP contribution in [0.3, 0.4) is 0 Å². The number of nitrogens with zero attached hydrogens (tertiary/aromatic N) is 5. The minimum Gasteiger partial charge on any atom is -0.387 e. The van der Waals surface area contributed by atoms with Crippen LogP contribution in [0.25, 0.3) is 0 Å². The van der Waals surface area contributed by atoms with E-state index in [1.54, 1.807) is 29.5 Å². The Morgan fingerprint density at radius 1 is 1.53 bits per heavy atom. The molecule has 1 N–H and O–H groups in total. The minimum atomic E-state index is -0.616. The lowest BCUT2D eigenvalue weighted by atomic mass is 10.2. The third-order valence-corrected chi connectivity index (χ3v) is 3.05. The first-order valence-corrected chi connectivity index (χ1v) is 5.63. The Hall–Kier alpha value is -1.40. The monoisotopic (exact) mass is 255 g/mol. The van der Waals surface area contributed by atoms with Crippen molar-refractivity contribution in [2.45, 2.75) is 26.5 Å². The van der Waals surface area contributed by atoms with Crippen molar-refractivity contribution in [3.63, 3.8) is 0 Å². The van der Waals surface area contributed by atoms with Crippen molar-refractivity contribution in [3.8, 4) is 0 Å². The van der Waals surface area contributed by atoms with Crippen molar-refractivity contribution >= 4 is 11.6 Å². The van der Waals surface area contributed by atoms with Gasteiger partial charge in [-0.2, -0.15) is 5.10 Å². The van der Waals surface area contributed by atoms with Gasteiger partial charge in [0.15, 0.2) is 0 Å². The molecule has 0 fully saturated rings. The highest BCUT2D eigenvalue weighted by molar-refractivity contribution is 6.30. The highest BCUT2D eigenvalue weighted by atomic mass is 35.5. The molecule has 1 atom stereocenters. The van der Waals surface area contributed by atoms with Crippen LogP contribution in [0.2, 0.25) is 5.15 Å². The lowest BCUT2D eigenvalue weighted by Crippen LogP contribution is -2.01. The number of aliphatic hydroxyl groups excluding tert-OH is 1. The predicted octanol–water partition coefficient (Wildman–Crippen LogP) is 1.08. The van der Waals surface area contributed by atoms with Gasteiger partial charge in [-0.05, 0) is 13.8 Å². The van der Waals surface area contributed by atoms with E-state index in [2.05, 4.69) is 15.4 Å². The molecule has 2 aromatic rings. The molecule has 0 saturated carbocycles. The third-order valence-electron chi connectivity index (χ3n) is 2.57. The predicted molar refractivity (Wildman–Crippen MR) is 62.7 cm³/mol. The van der Waals surface area contributed by atoms with E-state index in [4.69, 9.17) is 11.6 Å². The van der Waals surface area contributed by atoms with Gasteiger partial charge in [-0.1, -0.05) is 16.8 Å². The largest absolute Gasteiger partial charge is 0.387 e. The molecule has 1 unspecified atom stereocenters. The summed E-state index contributed by atoms with van der Waals surface area (Å²) >= 11 is 6.12. The van der Waals surface area contributed by atoms with Crippen LogP contribution in [0.4, 0.5) is 0 Å². The fourth-order valence-electron chi connectivity index (χ4n) is 1.60. The molecule has 6 nitrogen and oxygen atoms in total. The zero-order chi connectivity index (χ0) is 12.6. The number of aliphatic hydroxyl groups is 1. The van der Waals surface area contributed by atoms with Gasteiger partial charge in [0, 0.05) is 12.6 Å². The summed E-state index contributed by atoms with van der Waals surface area (Å²) in [5.41, 5.74) is 2.32. The van der Waals surface area contributed by atoms with E-state index in [1.807, 2.05) is 6.92 Å². The van der Waals surface area contributed by atoms with E-state index in [9.17, 15) is 5.11 Å². The maximum atomic E-state index is 9.36. The van der Waals surface area contributed by atoms with Crippen LogP contribution >= 0.6 is 11.6 Å². The molecule has 7 heteroatoms. The van der Waals surface area contributed by atoms with Gasteiger partial charge in [0.1, 0.15) is 10.8 Å². The number of rotatable bonds is 3. The molecule has 0 saturated heterocycles. The maximum Gasteiger partial charge on any atom is 0.132 e. The summed E-state index contributed by atoms with van der Waals surface area (Å²) in [4.78, 5) is 0. The Labute approximate surface area is 104 Å². The van der Waals surface area contributed by atoms with Gasteiger partial charge >= 0.3 is 0 Å². The normalized spacial score (nSPS) is 13.0. The van der Waals surface area contributed by atoms with Gasteiger partial charge in [-0.15, -0.1) is 5.10 Å². The van der Waals surface area contributed by atoms with Crippen LogP contribution in [0.1, 0.15) is 30.0 Å². The second-order valence-electron chi connectivity index (χ2n) is 4.00. The first-order valence-electron chi connectivity index (χ1n) is 5.25.